The van der Waals surface area contributed by atoms with Crippen molar-refractivity contribution in [3.63, 3.8) is 0 Å². The van der Waals surface area contributed by atoms with Crippen molar-refractivity contribution in [2.75, 3.05) is 24.8 Å². The molecule has 1 aliphatic rings. The van der Waals surface area contributed by atoms with Crippen LogP contribution in [-0.2, 0) is 9.59 Å². The maximum atomic E-state index is 12.6. The predicted octanol–water partition coefficient (Wildman–Crippen LogP) is 3.06. The molecule has 1 N–H and O–H groups in total. The average Bonchev–Trinajstić information content (AvgIpc) is 3.08. The van der Waals surface area contributed by atoms with Gasteiger partial charge in [0, 0.05) is 17.7 Å². The van der Waals surface area contributed by atoms with Crippen LogP contribution in [0.1, 0.15) is 40.5 Å². The van der Waals surface area contributed by atoms with Crippen LogP contribution in [0.5, 0.6) is 11.5 Å². The van der Waals surface area contributed by atoms with Crippen molar-refractivity contribution in [2.24, 2.45) is 0 Å². The lowest BCUT2D eigenvalue weighted by Crippen LogP contribution is -2.52. The van der Waals surface area contributed by atoms with E-state index in [-0.39, 0.29) is 23.4 Å². The van der Waals surface area contributed by atoms with Gasteiger partial charge in [-0.2, -0.15) is 0 Å². The van der Waals surface area contributed by atoms with E-state index < -0.39 is 0 Å². The molecule has 0 spiro atoms. The van der Waals surface area contributed by atoms with Crippen LogP contribution in [0.2, 0.25) is 0 Å². The van der Waals surface area contributed by atoms with Crippen LogP contribution in [0.3, 0.4) is 0 Å². The van der Waals surface area contributed by atoms with Gasteiger partial charge < -0.3 is 19.7 Å². The molecule has 1 fully saturated rings. The summed E-state index contributed by atoms with van der Waals surface area (Å²) in [5.41, 5.74) is -0.305. The van der Waals surface area contributed by atoms with Crippen molar-refractivity contribution in [1.82, 2.24) is 10.2 Å². The van der Waals surface area contributed by atoms with E-state index in [0.29, 0.717) is 49.2 Å². The van der Waals surface area contributed by atoms with Crippen molar-refractivity contribution < 1.29 is 19.1 Å². The summed E-state index contributed by atoms with van der Waals surface area (Å²) in [6.45, 7) is 8.75. The van der Waals surface area contributed by atoms with Crippen molar-refractivity contribution in [3.05, 3.63) is 24.3 Å². The van der Waals surface area contributed by atoms with Crippen LogP contribution in [-0.4, -0.2) is 53.1 Å². The number of amides is 2. The third kappa shape index (κ3) is 6.65. The standard InChI is InChI=1S/C20H30N2O4S/c1-5-25-16-9-6-7-10-17(16)26-12-8-11-18(23)22-14-27-13-15(22)19(24)21-20(2,3)4/h6-7,9-10,15H,5,8,11-14H2,1-4H3,(H,21,24). The third-order valence-electron chi connectivity index (χ3n) is 3.95. The first kappa shape index (κ1) is 21.4. The van der Waals surface area contributed by atoms with Gasteiger partial charge in [0.1, 0.15) is 6.04 Å². The van der Waals surface area contributed by atoms with Crippen molar-refractivity contribution >= 4 is 23.6 Å². The normalized spacial score (nSPS) is 16.9. The first-order valence-electron chi connectivity index (χ1n) is 9.35. The molecule has 1 saturated heterocycles. The molecule has 0 bridgehead atoms. The topological polar surface area (TPSA) is 67.9 Å². The number of nitrogens with zero attached hydrogens (tertiary/aromatic N) is 1. The number of carbonyl (C=O) groups is 2. The van der Waals surface area contributed by atoms with Gasteiger partial charge in [-0.3, -0.25) is 9.59 Å². The van der Waals surface area contributed by atoms with E-state index in [1.165, 1.54) is 0 Å². The molecule has 1 aromatic rings. The zero-order chi connectivity index (χ0) is 19.9. The molecule has 2 amide bonds. The number of ether oxygens (including phenoxy) is 2. The number of nitrogens with one attached hydrogen (secondary N) is 1. The Morgan fingerprint density at radius 3 is 2.52 bits per heavy atom. The lowest BCUT2D eigenvalue weighted by molar-refractivity contribution is -0.138. The largest absolute Gasteiger partial charge is 0.490 e. The van der Waals surface area contributed by atoms with Crippen LogP contribution < -0.4 is 14.8 Å². The average molecular weight is 395 g/mol. The van der Waals surface area contributed by atoms with E-state index in [4.69, 9.17) is 9.47 Å². The number of hydrogen-bond acceptors (Lipinski definition) is 5. The molecule has 6 nitrogen and oxygen atoms in total. The highest BCUT2D eigenvalue weighted by Crippen LogP contribution is 2.27. The predicted molar refractivity (Wildman–Crippen MR) is 108 cm³/mol. The first-order valence-corrected chi connectivity index (χ1v) is 10.5. The van der Waals surface area contributed by atoms with Crippen molar-refractivity contribution in [2.45, 2.75) is 52.1 Å². The Labute approximate surface area is 166 Å². The van der Waals surface area contributed by atoms with E-state index in [0.717, 1.165) is 0 Å². The van der Waals surface area contributed by atoms with Crippen molar-refractivity contribution in [1.29, 1.82) is 0 Å². The molecule has 2 rings (SSSR count). The molecule has 1 unspecified atom stereocenters. The summed E-state index contributed by atoms with van der Waals surface area (Å²) < 4.78 is 11.3. The van der Waals surface area contributed by atoms with Crippen LogP contribution in [0.4, 0.5) is 0 Å². The van der Waals surface area contributed by atoms with Crippen LogP contribution in [0.15, 0.2) is 24.3 Å². The van der Waals surface area contributed by atoms with E-state index >= 15 is 0 Å². The Morgan fingerprint density at radius 2 is 1.89 bits per heavy atom. The fourth-order valence-corrected chi connectivity index (χ4v) is 3.93. The zero-order valence-electron chi connectivity index (χ0n) is 16.6. The first-order chi connectivity index (χ1) is 12.8. The highest BCUT2D eigenvalue weighted by Gasteiger charge is 2.35. The second-order valence-electron chi connectivity index (χ2n) is 7.45. The van der Waals surface area contributed by atoms with E-state index in [9.17, 15) is 9.59 Å². The second-order valence-corrected chi connectivity index (χ2v) is 8.45. The van der Waals surface area contributed by atoms with Gasteiger partial charge in [-0.15, -0.1) is 11.8 Å². The Balaban J connectivity index is 1.80. The maximum absolute atomic E-state index is 12.6. The molecule has 1 atom stereocenters. The highest BCUT2D eigenvalue weighted by molar-refractivity contribution is 7.99. The Hall–Kier alpha value is -1.89. The molecule has 1 heterocycles. The number of para-hydroxylation sites is 2. The molecule has 1 aliphatic heterocycles. The summed E-state index contributed by atoms with van der Waals surface area (Å²) in [6, 6.07) is 7.12. The summed E-state index contributed by atoms with van der Waals surface area (Å²) in [5.74, 6) is 2.52. The fourth-order valence-electron chi connectivity index (χ4n) is 2.75. The molecule has 7 heteroatoms. The zero-order valence-corrected chi connectivity index (χ0v) is 17.4. The number of thioether (sulfide) groups is 1. The molecular weight excluding hydrogens is 364 g/mol. The molecular formula is C20H30N2O4S. The van der Waals surface area contributed by atoms with Gasteiger partial charge in [0.25, 0.3) is 0 Å². The van der Waals surface area contributed by atoms with Gasteiger partial charge in [-0.05, 0) is 46.2 Å². The summed E-state index contributed by atoms with van der Waals surface area (Å²) in [5, 5.41) is 2.97. The molecule has 0 aliphatic carbocycles. The lowest BCUT2D eigenvalue weighted by atomic mass is 10.1. The minimum atomic E-state index is -0.388. The molecule has 27 heavy (non-hydrogen) atoms. The quantitative estimate of drug-likeness (QED) is 0.687. The van der Waals surface area contributed by atoms with Crippen LogP contribution >= 0.6 is 11.8 Å². The Bertz CT molecular complexity index is 645. The number of benzene rings is 1. The summed E-state index contributed by atoms with van der Waals surface area (Å²) in [4.78, 5) is 26.7. The van der Waals surface area contributed by atoms with Crippen molar-refractivity contribution in [3.8, 4) is 11.5 Å². The molecule has 0 saturated carbocycles. The minimum absolute atomic E-state index is 0.00393. The minimum Gasteiger partial charge on any atom is -0.490 e. The summed E-state index contributed by atoms with van der Waals surface area (Å²) >= 11 is 1.61. The summed E-state index contributed by atoms with van der Waals surface area (Å²) in [7, 11) is 0. The Morgan fingerprint density at radius 1 is 1.22 bits per heavy atom. The summed E-state index contributed by atoms with van der Waals surface area (Å²) in [6.07, 6.45) is 0.949. The number of carbonyl (C=O) groups excluding carboxylic acids is 2. The number of rotatable bonds is 8. The monoisotopic (exact) mass is 394 g/mol. The lowest BCUT2D eigenvalue weighted by Gasteiger charge is -2.27. The van der Waals surface area contributed by atoms with E-state index in [2.05, 4.69) is 5.32 Å². The van der Waals surface area contributed by atoms with Crippen LogP contribution in [0, 0.1) is 0 Å². The third-order valence-corrected chi connectivity index (χ3v) is 4.96. The van der Waals surface area contributed by atoms with E-state index in [1.54, 1.807) is 16.7 Å². The second kappa shape index (κ2) is 9.88. The Kier molecular flexibility index (Phi) is 7.83. The maximum Gasteiger partial charge on any atom is 0.244 e. The van der Waals surface area contributed by atoms with Gasteiger partial charge in [0.05, 0.1) is 19.1 Å². The van der Waals surface area contributed by atoms with Crippen LogP contribution in [0.25, 0.3) is 0 Å². The van der Waals surface area contributed by atoms with Gasteiger partial charge in [-0.25, -0.2) is 0 Å². The smallest absolute Gasteiger partial charge is 0.244 e. The highest BCUT2D eigenvalue weighted by atomic mass is 32.2. The fraction of sp³-hybridized carbons (Fsp3) is 0.600. The van der Waals surface area contributed by atoms with Gasteiger partial charge in [0.15, 0.2) is 11.5 Å². The van der Waals surface area contributed by atoms with Gasteiger partial charge >= 0.3 is 0 Å². The molecule has 0 radical (unpaired) electrons. The number of hydrogen-bond donors (Lipinski definition) is 1. The van der Waals surface area contributed by atoms with E-state index in [1.807, 2.05) is 52.0 Å². The molecule has 0 aromatic heterocycles. The van der Waals surface area contributed by atoms with Gasteiger partial charge in [0.2, 0.25) is 11.8 Å². The SMILES string of the molecule is CCOc1ccccc1OCCCC(=O)N1CSCC1C(=O)NC(C)(C)C. The molecule has 150 valence electrons. The van der Waals surface area contributed by atoms with Gasteiger partial charge in [-0.1, -0.05) is 12.1 Å². The molecule has 1 aromatic carbocycles.